The minimum Gasteiger partial charge on any atom is -1.00 e. The number of allylic oxidation sites excluding steroid dienone is 2. The monoisotopic (exact) mass is 418 g/mol. The third-order valence-electron chi connectivity index (χ3n) is 4.64. The predicted molar refractivity (Wildman–Crippen MR) is 85.8 cm³/mol. The van der Waals surface area contributed by atoms with Gasteiger partial charge in [0, 0.05) is 0 Å². The third kappa shape index (κ3) is 3.29. The van der Waals surface area contributed by atoms with Crippen molar-refractivity contribution in [2.75, 3.05) is 0 Å². The summed E-state index contributed by atoms with van der Waals surface area (Å²) >= 11 is -0.598. The van der Waals surface area contributed by atoms with Gasteiger partial charge in [-0.3, -0.25) is 0 Å². The van der Waals surface area contributed by atoms with E-state index < -0.39 is 23.2 Å². The molecule has 2 atom stereocenters. The van der Waals surface area contributed by atoms with Crippen LogP contribution in [0.15, 0.2) is 54.1 Å². The summed E-state index contributed by atoms with van der Waals surface area (Å²) in [5, 5.41) is 0. The van der Waals surface area contributed by atoms with Crippen LogP contribution in [0.5, 0.6) is 0 Å². The molecule has 0 saturated heterocycles. The van der Waals surface area contributed by atoms with Gasteiger partial charge < -0.3 is 24.8 Å². The quantitative estimate of drug-likeness (QED) is 0.604. The number of hydrogen-bond donors (Lipinski definition) is 0. The molecule has 0 N–H and O–H groups in total. The molecule has 2 aliphatic rings. The van der Waals surface area contributed by atoms with E-state index >= 15 is 0 Å². The van der Waals surface area contributed by atoms with Gasteiger partial charge in [-0.25, -0.2) is 0 Å². The molecule has 0 heterocycles. The van der Waals surface area contributed by atoms with Crippen molar-refractivity contribution in [2.24, 2.45) is 0 Å². The zero-order valence-corrected chi connectivity index (χ0v) is 17.2. The van der Waals surface area contributed by atoms with Crippen LogP contribution in [0.3, 0.4) is 0 Å². The van der Waals surface area contributed by atoms with E-state index in [4.69, 9.17) is 0 Å². The van der Waals surface area contributed by atoms with Crippen molar-refractivity contribution >= 4 is 12.2 Å². The molecule has 0 aromatic heterocycles. The molecule has 2 aromatic rings. The molecule has 2 aliphatic carbocycles. The van der Waals surface area contributed by atoms with Gasteiger partial charge in [0.2, 0.25) is 0 Å². The SMILES string of the molecule is CC1=Cc2c(C)cccc2[CH]1[Zr+2][CH]1C=Cc2ccccc21.[Cl-].[Cl-]. The molecule has 0 fully saturated rings. The fraction of sp³-hybridized carbons (Fsp3) is 0.200. The third-order valence-corrected chi connectivity index (χ3v) is 9.47. The normalized spacial score (nSPS) is 19.8. The van der Waals surface area contributed by atoms with E-state index in [1.54, 1.807) is 16.7 Å². The predicted octanol–water partition coefficient (Wildman–Crippen LogP) is -0.688. The van der Waals surface area contributed by atoms with Gasteiger partial charge in [-0.1, -0.05) is 0 Å². The van der Waals surface area contributed by atoms with Gasteiger partial charge in [-0.15, -0.1) is 0 Å². The molecule has 4 rings (SSSR count). The summed E-state index contributed by atoms with van der Waals surface area (Å²) in [6.07, 6.45) is 7.21. The largest absolute Gasteiger partial charge is 1.00 e. The van der Waals surface area contributed by atoms with Crippen molar-refractivity contribution in [3.63, 3.8) is 0 Å². The van der Waals surface area contributed by atoms with E-state index in [-0.39, 0.29) is 24.8 Å². The first-order valence-corrected chi connectivity index (χ1v) is 10.4. The molecule has 116 valence electrons. The summed E-state index contributed by atoms with van der Waals surface area (Å²) in [5.41, 5.74) is 9.11. The van der Waals surface area contributed by atoms with E-state index in [2.05, 4.69) is 74.5 Å². The number of benzene rings is 2. The molecule has 2 unspecified atom stereocenters. The van der Waals surface area contributed by atoms with Crippen molar-refractivity contribution in [1.29, 1.82) is 0 Å². The van der Waals surface area contributed by atoms with Gasteiger partial charge in [-0.05, 0) is 0 Å². The fourth-order valence-electron chi connectivity index (χ4n) is 3.50. The van der Waals surface area contributed by atoms with Crippen LogP contribution in [-0.4, -0.2) is 0 Å². The average Bonchev–Trinajstić information content (AvgIpc) is 3.04. The molecule has 0 aliphatic heterocycles. The second-order valence-electron chi connectivity index (χ2n) is 6.03. The topological polar surface area (TPSA) is 0 Å². The zero-order valence-electron chi connectivity index (χ0n) is 13.2. The molecule has 0 saturated carbocycles. The number of aryl methyl sites for hydroxylation is 1. The van der Waals surface area contributed by atoms with Crippen LogP contribution < -0.4 is 24.8 Å². The standard InChI is InChI=1S/C11H11.C9H7.2ClH.Zr/c1-8-6-10-5-3-4-9(2)11(10)7-8;1-2-5-9-7-3-6-8(9)4-1;;;/h3-7H,1-2H3;1-7H;2*1H;/q;;;;+2/p-2. The Hall–Kier alpha value is -0.617. The number of hydrogen-bond acceptors (Lipinski definition) is 0. The number of halogens is 2. The number of fused-ring (bicyclic) bond motifs is 2. The van der Waals surface area contributed by atoms with Crippen LogP contribution in [0.2, 0.25) is 0 Å². The Morgan fingerprint density at radius 2 is 1.61 bits per heavy atom. The van der Waals surface area contributed by atoms with Crippen LogP contribution in [-0.2, 0) is 23.2 Å². The van der Waals surface area contributed by atoms with Crippen LogP contribution in [0, 0.1) is 6.92 Å². The van der Waals surface area contributed by atoms with E-state index in [9.17, 15) is 0 Å². The molecular formula is C20H18Cl2Zr. The summed E-state index contributed by atoms with van der Waals surface area (Å²) in [4.78, 5) is 0. The van der Waals surface area contributed by atoms with Crippen molar-refractivity contribution in [3.05, 3.63) is 81.9 Å². The van der Waals surface area contributed by atoms with E-state index in [1.165, 1.54) is 16.7 Å². The second-order valence-corrected chi connectivity index (χ2v) is 9.80. The molecule has 2 aromatic carbocycles. The molecule has 0 amide bonds. The van der Waals surface area contributed by atoms with Gasteiger partial charge >= 0.3 is 138 Å². The zero-order chi connectivity index (χ0) is 14.4. The summed E-state index contributed by atoms with van der Waals surface area (Å²) in [6, 6.07) is 15.7. The van der Waals surface area contributed by atoms with E-state index in [0.29, 0.717) is 0 Å². The molecule has 0 radical (unpaired) electrons. The minimum atomic E-state index is -0.598. The summed E-state index contributed by atoms with van der Waals surface area (Å²) in [5.74, 6) is 0. The number of rotatable bonds is 2. The Labute approximate surface area is 162 Å². The maximum Gasteiger partial charge on any atom is -1.00 e. The van der Waals surface area contributed by atoms with Gasteiger partial charge in [0.1, 0.15) is 0 Å². The molecule has 3 heteroatoms. The Morgan fingerprint density at radius 3 is 2.43 bits per heavy atom. The average molecular weight is 420 g/mol. The van der Waals surface area contributed by atoms with Crippen LogP contribution >= 0.6 is 0 Å². The van der Waals surface area contributed by atoms with Gasteiger partial charge in [-0.2, -0.15) is 0 Å². The van der Waals surface area contributed by atoms with Crippen molar-refractivity contribution in [2.45, 2.75) is 21.1 Å². The summed E-state index contributed by atoms with van der Waals surface area (Å²) in [6.45, 7) is 4.57. The first kappa shape index (κ1) is 18.7. The molecular weight excluding hydrogens is 402 g/mol. The minimum absolute atomic E-state index is 0. The Kier molecular flexibility index (Phi) is 6.12. The van der Waals surface area contributed by atoms with Crippen LogP contribution in [0.25, 0.3) is 12.2 Å². The maximum absolute atomic E-state index is 2.46. The smallest absolute Gasteiger partial charge is 1.00 e. The summed E-state index contributed by atoms with van der Waals surface area (Å²) < 4.78 is 1.47. The summed E-state index contributed by atoms with van der Waals surface area (Å²) in [7, 11) is 0. The van der Waals surface area contributed by atoms with Gasteiger partial charge in [0.05, 0.1) is 0 Å². The van der Waals surface area contributed by atoms with Crippen molar-refractivity contribution in [1.82, 2.24) is 0 Å². The first-order valence-electron chi connectivity index (χ1n) is 7.55. The van der Waals surface area contributed by atoms with Gasteiger partial charge in [0.25, 0.3) is 0 Å². The van der Waals surface area contributed by atoms with Gasteiger partial charge in [0.15, 0.2) is 0 Å². The second kappa shape index (κ2) is 7.51. The Balaban J connectivity index is 0.000000960. The van der Waals surface area contributed by atoms with Crippen molar-refractivity contribution in [3.8, 4) is 0 Å². The fourth-order valence-corrected chi connectivity index (χ4v) is 7.90. The Bertz CT molecular complexity index is 777. The van der Waals surface area contributed by atoms with Crippen LogP contribution in [0.1, 0.15) is 42.0 Å². The Morgan fingerprint density at radius 1 is 0.870 bits per heavy atom. The molecule has 23 heavy (non-hydrogen) atoms. The van der Waals surface area contributed by atoms with Crippen LogP contribution in [0.4, 0.5) is 0 Å². The van der Waals surface area contributed by atoms with E-state index in [0.717, 1.165) is 7.25 Å². The van der Waals surface area contributed by atoms with E-state index in [1.807, 2.05) is 0 Å². The molecule has 0 bridgehead atoms. The first-order chi connectivity index (χ1) is 10.2. The maximum atomic E-state index is 2.46. The van der Waals surface area contributed by atoms with Crippen molar-refractivity contribution < 1.29 is 48.0 Å². The molecule has 0 nitrogen and oxygen atoms in total. The molecule has 0 spiro atoms.